The Balaban J connectivity index is 1.50. The minimum atomic E-state index is -0.714. The largest absolute Gasteiger partial charge is 0.460 e. The van der Waals surface area contributed by atoms with E-state index in [2.05, 4.69) is 15.3 Å². The molecule has 0 bridgehead atoms. The number of hydrogen-bond acceptors (Lipinski definition) is 9. The van der Waals surface area contributed by atoms with Gasteiger partial charge in [-0.25, -0.2) is 14.6 Å². The average molecular weight is 558 g/mol. The normalized spacial score (nSPS) is 15.3. The molecular formula is C28H27N7O6. The van der Waals surface area contributed by atoms with Gasteiger partial charge in [0.2, 0.25) is 0 Å². The molecule has 210 valence electrons. The molecule has 1 atom stereocenters. The first-order chi connectivity index (χ1) is 19.6. The standard InChI is InChI=1S/C28H27N7O6/c1-16-21(19-8-6-10-29-14-19)23(18-7-5-9-20(13-18)35(39)40)22(17(2)31-16)27(37)41-12-11-34-26(36)24-25(30-15-32(24)3)33(4)28(34)38/h5-10,13-15,23,31H,11-12H2,1-4H3. The summed E-state index contributed by atoms with van der Waals surface area (Å²) in [5.74, 6) is -1.40. The lowest BCUT2D eigenvalue weighted by atomic mass is 9.78. The molecular weight excluding hydrogens is 530 g/mol. The Bertz CT molecular complexity index is 1880. The van der Waals surface area contributed by atoms with Crippen LogP contribution < -0.4 is 16.6 Å². The third kappa shape index (κ3) is 4.81. The van der Waals surface area contributed by atoms with Crippen molar-refractivity contribution in [3.05, 3.63) is 114 Å². The molecule has 13 nitrogen and oxygen atoms in total. The molecule has 3 aromatic heterocycles. The van der Waals surface area contributed by atoms with Crippen LogP contribution in [0.5, 0.6) is 0 Å². The van der Waals surface area contributed by atoms with Crippen LogP contribution in [0.3, 0.4) is 0 Å². The van der Waals surface area contributed by atoms with Crippen LogP contribution in [0.4, 0.5) is 5.69 Å². The van der Waals surface area contributed by atoms with E-state index in [1.807, 2.05) is 13.0 Å². The minimum Gasteiger partial charge on any atom is -0.460 e. The number of pyridine rings is 1. The number of rotatable bonds is 7. The summed E-state index contributed by atoms with van der Waals surface area (Å²) in [6.45, 7) is 3.14. The number of aryl methyl sites for hydroxylation is 2. The van der Waals surface area contributed by atoms with Gasteiger partial charge in [0.25, 0.3) is 11.2 Å². The number of fused-ring (bicyclic) bond motifs is 1. The first kappa shape index (κ1) is 27.2. The van der Waals surface area contributed by atoms with E-state index in [1.165, 1.54) is 34.6 Å². The van der Waals surface area contributed by atoms with Gasteiger partial charge < -0.3 is 14.6 Å². The molecule has 1 N–H and O–H groups in total. The number of non-ortho nitro benzene ring substituents is 1. The van der Waals surface area contributed by atoms with Crippen LogP contribution in [-0.2, 0) is 30.2 Å². The Morgan fingerprint density at radius 3 is 2.63 bits per heavy atom. The Labute approximate surface area is 233 Å². The van der Waals surface area contributed by atoms with Crippen LogP contribution in [0.2, 0.25) is 0 Å². The number of benzene rings is 1. The summed E-state index contributed by atoms with van der Waals surface area (Å²) in [6.07, 6.45) is 4.74. The predicted molar refractivity (Wildman–Crippen MR) is 150 cm³/mol. The summed E-state index contributed by atoms with van der Waals surface area (Å²) >= 11 is 0. The van der Waals surface area contributed by atoms with Crippen molar-refractivity contribution in [3.63, 3.8) is 0 Å². The van der Waals surface area contributed by atoms with Crippen molar-refractivity contribution in [1.29, 1.82) is 0 Å². The van der Waals surface area contributed by atoms with E-state index in [-0.39, 0.29) is 35.6 Å². The van der Waals surface area contributed by atoms with Gasteiger partial charge in [0.1, 0.15) is 6.61 Å². The van der Waals surface area contributed by atoms with Crippen LogP contribution in [0.25, 0.3) is 16.7 Å². The van der Waals surface area contributed by atoms with Gasteiger partial charge in [0.05, 0.1) is 23.4 Å². The van der Waals surface area contributed by atoms with Gasteiger partial charge in [-0.1, -0.05) is 18.2 Å². The van der Waals surface area contributed by atoms with E-state index >= 15 is 0 Å². The Hall–Kier alpha value is -5.33. The Morgan fingerprint density at radius 2 is 1.93 bits per heavy atom. The van der Waals surface area contributed by atoms with Gasteiger partial charge in [0.15, 0.2) is 11.2 Å². The lowest BCUT2D eigenvalue weighted by Gasteiger charge is -2.31. The van der Waals surface area contributed by atoms with Crippen molar-refractivity contribution in [2.24, 2.45) is 14.1 Å². The number of nitrogens with one attached hydrogen (secondary N) is 1. The lowest BCUT2D eigenvalue weighted by molar-refractivity contribution is -0.384. The highest BCUT2D eigenvalue weighted by atomic mass is 16.6. The number of allylic oxidation sites excluding steroid dienone is 3. The third-order valence-corrected chi connectivity index (χ3v) is 7.12. The molecule has 1 aliphatic rings. The van der Waals surface area contributed by atoms with E-state index < -0.39 is 28.1 Å². The van der Waals surface area contributed by atoms with Gasteiger partial charge in [-0.15, -0.1) is 0 Å². The van der Waals surface area contributed by atoms with E-state index in [0.717, 1.165) is 15.8 Å². The molecule has 0 aliphatic carbocycles. The molecule has 0 spiro atoms. The van der Waals surface area contributed by atoms with Crippen molar-refractivity contribution < 1.29 is 14.5 Å². The highest BCUT2D eigenvalue weighted by Crippen LogP contribution is 2.44. The maximum absolute atomic E-state index is 13.7. The topological polar surface area (TPSA) is 156 Å². The molecule has 0 fully saturated rings. The van der Waals surface area contributed by atoms with Gasteiger partial charge in [-0.05, 0) is 36.6 Å². The van der Waals surface area contributed by atoms with E-state index in [9.17, 15) is 24.5 Å². The van der Waals surface area contributed by atoms with E-state index in [4.69, 9.17) is 4.74 Å². The second kappa shape index (κ2) is 10.7. The molecule has 1 aliphatic heterocycles. The number of dihydropyridines is 1. The molecule has 1 aromatic carbocycles. The van der Waals surface area contributed by atoms with Crippen molar-refractivity contribution >= 4 is 28.4 Å². The fourth-order valence-electron chi connectivity index (χ4n) is 5.22. The molecule has 5 rings (SSSR count). The maximum Gasteiger partial charge on any atom is 0.336 e. The number of imidazole rings is 1. The lowest BCUT2D eigenvalue weighted by Crippen LogP contribution is -2.40. The fourth-order valence-corrected chi connectivity index (χ4v) is 5.22. The monoisotopic (exact) mass is 557 g/mol. The molecule has 1 unspecified atom stereocenters. The molecule has 0 amide bonds. The number of esters is 1. The SMILES string of the molecule is CC1=C(C(=O)OCCn2c(=O)c3c(ncn3C)n(C)c2=O)C(c2cccc([N+](=O)[O-])c2)C(c2cccnc2)=C(C)N1. The van der Waals surface area contributed by atoms with Crippen LogP contribution in [0.1, 0.15) is 30.9 Å². The molecule has 4 heterocycles. The first-order valence-electron chi connectivity index (χ1n) is 12.7. The van der Waals surface area contributed by atoms with Gasteiger partial charge >= 0.3 is 11.7 Å². The van der Waals surface area contributed by atoms with Crippen LogP contribution in [0, 0.1) is 10.1 Å². The number of hydrogen-bond donors (Lipinski definition) is 1. The second-order valence-corrected chi connectivity index (χ2v) is 9.69. The van der Waals surface area contributed by atoms with E-state index in [0.29, 0.717) is 16.8 Å². The van der Waals surface area contributed by atoms with Gasteiger partial charge in [-0.2, -0.15) is 0 Å². The van der Waals surface area contributed by atoms with Crippen LogP contribution in [0.15, 0.2) is 81.7 Å². The summed E-state index contributed by atoms with van der Waals surface area (Å²) in [5, 5.41) is 14.8. The molecule has 13 heteroatoms. The quantitative estimate of drug-likeness (QED) is 0.205. The molecule has 0 saturated carbocycles. The Morgan fingerprint density at radius 1 is 1.15 bits per heavy atom. The van der Waals surface area contributed by atoms with Gasteiger partial charge in [-0.3, -0.25) is 29.0 Å². The third-order valence-electron chi connectivity index (χ3n) is 7.12. The molecule has 4 aromatic rings. The Kier molecular flexibility index (Phi) is 7.10. The van der Waals surface area contributed by atoms with Crippen LogP contribution in [-0.4, -0.2) is 41.2 Å². The summed E-state index contributed by atoms with van der Waals surface area (Å²) in [4.78, 5) is 59.0. The number of nitrogens with zero attached hydrogens (tertiary/aromatic N) is 6. The molecule has 0 radical (unpaired) electrons. The van der Waals surface area contributed by atoms with Crippen molar-refractivity contribution in [3.8, 4) is 0 Å². The zero-order valence-corrected chi connectivity index (χ0v) is 22.8. The van der Waals surface area contributed by atoms with Crippen LogP contribution >= 0.6 is 0 Å². The van der Waals surface area contributed by atoms with E-state index in [1.54, 1.807) is 44.6 Å². The number of carbonyl (C=O) groups excluding carboxylic acids is 1. The minimum absolute atomic E-state index is 0.115. The average Bonchev–Trinajstić information content (AvgIpc) is 3.35. The van der Waals surface area contributed by atoms with Crippen molar-refractivity contribution in [2.45, 2.75) is 26.3 Å². The smallest absolute Gasteiger partial charge is 0.336 e. The number of ether oxygens (including phenoxy) is 1. The molecule has 41 heavy (non-hydrogen) atoms. The summed E-state index contributed by atoms with van der Waals surface area (Å²) in [5.41, 5.74) is 2.75. The second-order valence-electron chi connectivity index (χ2n) is 9.69. The summed E-state index contributed by atoms with van der Waals surface area (Å²) in [6, 6.07) is 9.72. The van der Waals surface area contributed by atoms with Crippen molar-refractivity contribution in [1.82, 2.24) is 29.0 Å². The number of carbonyl (C=O) groups is 1. The van der Waals surface area contributed by atoms with Crippen molar-refractivity contribution in [2.75, 3.05) is 6.61 Å². The zero-order valence-electron chi connectivity index (χ0n) is 22.8. The number of nitro benzene ring substituents is 1. The zero-order chi connectivity index (χ0) is 29.4. The fraction of sp³-hybridized carbons (Fsp3) is 0.250. The number of aromatic nitrogens is 5. The molecule has 0 saturated heterocycles. The first-order valence-corrected chi connectivity index (χ1v) is 12.7. The number of nitro groups is 1. The predicted octanol–water partition coefficient (Wildman–Crippen LogP) is 2.37. The summed E-state index contributed by atoms with van der Waals surface area (Å²) < 4.78 is 9.43. The summed E-state index contributed by atoms with van der Waals surface area (Å²) in [7, 11) is 3.17. The van der Waals surface area contributed by atoms with Gasteiger partial charge in [0, 0.05) is 55.9 Å². The highest BCUT2D eigenvalue weighted by Gasteiger charge is 2.35. The maximum atomic E-state index is 13.7. The highest BCUT2D eigenvalue weighted by molar-refractivity contribution is 5.97.